The first-order valence-electron chi connectivity index (χ1n) is 5.87. The normalized spacial score (nSPS) is 9.95. The summed E-state index contributed by atoms with van der Waals surface area (Å²) < 4.78 is 0. The lowest BCUT2D eigenvalue weighted by molar-refractivity contribution is 0.0958. The summed E-state index contributed by atoms with van der Waals surface area (Å²) in [5.41, 5.74) is 11.4. The Kier molecular flexibility index (Phi) is 5.37. The van der Waals surface area contributed by atoms with Gasteiger partial charge in [0.25, 0.3) is 11.8 Å². The molecule has 0 spiro atoms. The minimum atomic E-state index is -0.658. The van der Waals surface area contributed by atoms with Crippen LogP contribution in [0.1, 0.15) is 33.4 Å². The van der Waals surface area contributed by atoms with Gasteiger partial charge in [0.05, 0.1) is 11.3 Å². The van der Waals surface area contributed by atoms with E-state index in [4.69, 9.17) is 11.5 Å². The van der Waals surface area contributed by atoms with Gasteiger partial charge < -0.3 is 22.1 Å². The van der Waals surface area contributed by atoms with Gasteiger partial charge in [-0.05, 0) is 6.42 Å². The molecule has 2 amide bonds. The Bertz CT molecular complexity index is 496. The van der Waals surface area contributed by atoms with Crippen LogP contribution in [-0.4, -0.2) is 24.9 Å². The van der Waals surface area contributed by atoms with E-state index in [0.29, 0.717) is 23.0 Å². The first-order valence-corrected chi connectivity index (χ1v) is 6.69. The van der Waals surface area contributed by atoms with Crippen molar-refractivity contribution in [3.05, 3.63) is 23.1 Å². The van der Waals surface area contributed by atoms with Gasteiger partial charge in [-0.3, -0.25) is 9.59 Å². The van der Waals surface area contributed by atoms with Crippen LogP contribution >= 0.6 is 11.3 Å². The van der Waals surface area contributed by atoms with Crippen LogP contribution in [0, 0.1) is 0 Å². The van der Waals surface area contributed by atoms with Crippen molar-refractivity contribution >= 4 is 33.8 Å². The lowest BCUT2D eigenvalue weighted by Crippen LogP contribution is -2.24. The van der Waals surface area contributed by atoms with Gasteiger partial charge in [0, 0.05) is 13.1 Å². The first-order chi connectivity index (χ1) is 9.02. The molecule has 0 fully saturated rings. The molecule has 0 unspecified atom stereocenters. The fraction of sp³-hybridized carbons (Fsp3) is 0.333. The zero-order chi connectivity index (χ0) is 14.4. The number of nitrogens with two attached hydrogens (primary N) is 2. The number of nitrogens with one attached hydrogen (secondary N) is 2. The van der Waals surface area contributed by atoms with Gasteiger partial charge in [-0.15, -0.1) is 17.9 Å². The average molecular weight is 282 g/mol. The van der Waals surface area contributed by atoms with Gasteiger partial charge in [-0.2, -0.15) is 0 Å². The summed E-state index contributed by atoms with van der Waals surface area (Å²) in [6, 6.07) is 0. The van der Waals surface area contributed by atoms with Crippen LogP contribution in [0.25, 0.3) is 0 Å². The molecule has 1 aromatic rings. The molecule has 0 saturated heterocycles. The van der Waals surface area contributed by atoms with Crippen LogP contribution in [-0.2, 0) is 0 Å². The predicted molar refractivity (Wildman–Crippen MR) is 78.6 cm³/mol. The standard InChI is InChI=1S/C12H18N4O2S/c1-3-5-15-11(18)9-8(13)7(10(14)17)12(19-9)16-6-4-2/h4,16H,2-3,5-6,13H2,1H3,(H2,14,17)(H,15,18). The number of amides is 2. The van der Waals surface area contributed by atoms with Gasteiger partial charge in [0.2, 0.25) is 0 Å². The van der Waals surface area contributed by atoms with Gasteiger partial charge in [0.1, 0.15) is 9.88 Å². The van der Waals surface area contributed by atoms with Crippen molar-refractivity contribution in [3.8, 4) is 0 Å². The van der Waals surface area contributed by atoms with Crippen molar-refractivity contribution in [1.29, 1.82) is 0 Å². The summed E-state index contributed by atoms with van der Waals surface area (Å²) in [7, 11) is 0. The van der Waals surface area contributed by atoms with Gasteiger partial charge in [-0.25, -0.2) is 0 Å². The summed E-state index contributed by atoms with van der Waals surface area (Å²) in [6.45, 7) is 6.53. The van der Waals surface area contributed by atoms with Gasteiger partial charge in [0.15, 0.2) is 0 Å². The maximum atomic E-state index is 11.9. The molecule has 6 nitrogen and oxygen atoms in total. The third-order valence-electron chi connectivity index (χ3n) is 2.34. The Hall–Kier alpha value is -2.02. The molecule has 104 valence electrons. The summed E-state index contributed by atoms with van der Waals surface area (Å²) >= 11 is 1.12. The Morgan fingerprint density at radius 3 is 2.68 bits per heavy atom. The molecule has 6 N–H and O–H groups in total. The van der Waals surface area contributed by atoms with E-state index in [1.165, 1.54) is 0 Å². The maximum absolute atomic E-state index is 11.9. The van der Waals surface area contributed by atoms with Crippen molar-refractivity contribution in [2.24, 2.45) is 5.73 Å². The number of rotatable bonds is 7. The number of primary amides is 1. The van der Waals surface area contributed by atoms with E-state index in [1.54, 1.807) is 6.08 Å². The fourth-order valence-electron chi connectivity index (χ4n) is 1.47. The smallest absolute Gasteiger partial charge is 0.263 e. The molecular formula is C12H18N4O2S. The molecule has 0 aromatic carbocycles. The highest BCUT2D eigenvalue weighted by Gasteiger charge is 2.23. The van der Waals surface area contributed by atoms with E-state index in [1.807, 2.05) is 6.92 Å². The maximum Gasteiger partial charge on any atom is 0.263 e. The minimum Gasteiger partial charge on any atom is -0.397 e. The lowest BCUT2D eigenvalue weighted by Gasteiger charge is -2.02. The third kappa shape index (κ3) is 3.47. The Labute approximate surface area is 115 Å². The Morgan fingerprint density at radius 1 is 1.47 bits per heavy atom. The van der Waals surface area contributed by atoms with Crippen LogP contribution in [0.2, 0.25) is 0 Å². The molecule has 19 heavy (non-hydrogen) atoms. The van der Waals surface area contributed by atoms with E-state index in [2.05, 4.69) is 17.2 Å². The van der Waals surface area contributed by atoms with Crippen LogP contribution in [0.4, 0.5) is 10.7 Å². The van der Waals surface area contributed by atoms with Crippen LogP contribution in [0.5, 0.6) is 0 Å². The summed E-state index contributed by atoms with van der Waals surface area (Å²) in [5.74, 6) is -0.951. The molecule has 0 atom stereocenters. The summed E-state index contributed by atoms with van der Waals surface area (Å²) in [6.07, 6.45) is 2.46. The van der Waals surface area contributed by atoms with Gasteiger partial charge in [-0.1, -0.05) is 13.0 Å². The highest BCUT2D eigenvalue weighted by atomic mass is 32.1. The highest BCUT2D eigenvalue weighted by Crippen LogP contribution is 2.35. The number of carbonyl (C=O) groups is 2. The van der Waals surface area contributed by atoms with Crippen molar-refractivity contribution in [2.45, 2.75) is 13.3 Å². The molecule has 7 heteroatoms. The van der Waals surface area contributed by atoms with Crippen LogP contribution < -0.4 is 22.1 Å². The van der Waals surface area contributed by atoms with Crippen LogP contribution in [0.3, 0.4) is 0 Å². The minimum absolute atomic E-state index is 0.123. The molecule has 1 aromatic heterocycles. The Morgan fingerprint density at radius 2 is 2.16 bits per heavy atom. The van der Waals surface area contributed by atoms with Crippen molar-refractivity contribution < 1.29 is 9.59 Å². The molecule has 0 aliphatic heterocycles. The molecule has 0 bridgehead atoms. The topological polar surface area (TPSA) is 110 Å². The van der Waals surface area contributed by atoms with Crippen molar-refractivity contribution in [1.82, 2.24) is 5.32 Å². The van der Waals surface area contributed by atoms with E-state index in [-0.39, 0.29) is 17.2 Å². The number of anilines is 2. The molecular weight excluding hydrogens is 264 g/mol. The first kappa shape index (κ1) is 15.0. The number of hydrogen-bond acceptors (Lipinski definition) is 5. The third-order valence-corrected chi connectivity index (χ3v) is 3.50. The Balaban J connectivity index is 3.09. The highest BCUT2D eigenvalue weighted by molar-refractivity contribution is 7.19. The SMILES string of the molecule is C=CCNc1sc(C(=O)NCCC)c(N)c1C(N)=O. The predicted octanol–water partition coefficient (Wildman–Crippen LogP) is 1.17. The number of hydrogen-bond donors (Lipinski definition) is 4. The second kappa shape index (κ2) is 6.79. The van der Waals surface area contributed by atoms with Crippen LogP contribution in [0.15, 0.2) is 12.7 Å². The van der Waals surface area contributed by atoms with Crippen molar-refractivity contribution in [3.63, 3.8) is 0 Å². The second-order valence-electron chi connectivity index (χ2n) is 3.84. The number of nitrogen functional groups attached to an aromatic ring is 1. The molecule has 0 aliphatic carbocycles. The molecule has 0 saturated carbocycles. The summed E-state index contributed by atoms with van der Waals surface area (Å²) in [4.78, 5) is 23.6. The largest absolute Gasteiger partial charge is 0.397 e. The molecule has 1 heterocycles. The number of thiophene rings is 1. The van der Waals surface area contributed by atoms with E-state index in [0.717, 1.165) is 17.8 Å². The average Bonchev–Trinajstić information content (AvgIpc) is 2.70. The van der Waals surface area contributed by atoms with Crippen molar-refractivity contribution in [2.75, 3.05) is 24.1 Å². The van der Waals surface area contributed by atoms with Gasteiger partial charge >= 0.3 is 0 Å². The van der Waals surface area contributed by atoms with E-state index in [9.17, 15) is 9.59 Å². The molecule has 0 aliphatic rings. The zero-order valence-corrected chi connectivity index (χ0v) is 11.6. The number of carbonyl (C=O) groups excluding carboxylic acids is 2. The monoisotopic (exact) mass is 282 g/mol. The van der Waals surface area contributed by atoms with E-state index < -0.39 is 5.91 Å². The zero-order valence-electron chi connectivity index (χ0n) is 10.8. The lowest BCUT2D eigenvalue weighted by atomic mass is 10.2. The molecule has 1 rings (SSSR count). The molecule has 0 radical (unpaired) electrons. The second-order valence-corrected chi connectivity index (χ2v) is 4.86. The fourth-order valence-corrected chi connectivity index (χ4v) is 2.51. The van der Waals surface area contributed by atoms with E-state index >= 15 is 0 Å². The quantitative estimate of drug-likeness (QED) is 0.562. The summed E-state index contributed by atoms with van der Waals surface area (Å²) in [5, 5.41) is 6.16.